The number of aromatic nitrogens is 2. The van der Waals surface area contributed by atoms with E-state index in [1.54, 1.807) is 0 Å². The molecule has 0 saturated carbocycles. The van der Waals surface area contributed by atoms with Gasteiger partial charge in [-0.3, -0.25) is 4.79 Å². The Hall–Kier alpha value is -4.38. The van der Waals surface area contributed by atoms with Gasteiger partial charge in [0.1, 0.15) is 6.54 Å². The number of nitrogens with zero attached hydrogens (tertiary/aromatic N) is 3. The molecule has 5 rings (SSSR count). The van der Waals surface area contributed by atoms with Gasteiger partial charge in [-0.2, -0.15) is 5.10 Å². The van der Waals surface area contributed by atoms with Crippen molar-refractivity contribution in [2.24, 2.45) is 0 Å². The minimum Gasteiger partial charge on any atom is -0.345 e. The highest BCUT2D eigenvalue weighted by Gasteiger charge is 2.18. The first-order valence-corrected chi connectivity index (χ1v) is 11.0. The van der Waals surface area contributed by atoms with Gasteiger partial charge in [0.05, 0.1) is 17.1 Å². The van der Waals surface area contributed by atoms with E-state index < -0.39 is 0 Å². The van der Waals surface area contributed by atoms with Gasteiger partial charge >= 0.3 is 0 Å². The lowest BCUT2D eigenvalue weighted by molar-refractivity contribution is -0.116. The smallest absolute Gasteiger partial charge is 0.244 e. The molecule has 0 unspecified atom stereocenters. The Morgan fingerprint density at radius 2 is 1.55 bits per heavy atom. The Kier molecular flexibility index (Phi) is 5.85. The van der Waals surface area contributed by atoms with Crippen LogP contribution in [0.25, 0.3) is 22.5 Å². The molecule has 0 spiro atoms. The van der Waals surface area contributed by atoms with E-state index in [0.717, 1.165) is 40.3 Å². The fourth-order valence-electron chi connectivity index (χ4n) is 3.89. The topological polar surface area (TPSA) is 50.2 Å². The van der Waals surface area contributed by atoms with Gasteiger partial charge in [-0.15, -0.1) is 0 Å². The molecule has 0 atom stereocenters. The molecule has 162 valence electrons. The van der Waals surface area contributed by atoms with Crippen molar-refractivity contribution < 1.29 is 4.79 Å². The molecular weight excluding hydrogens is 408 g/mol. The fraction of sp³-hybridized carbons (Fsp3) is 0.0714. The number of para-hydroxylation sites is 2. The van der Waals surface area contributed by atoms with Gasteiger partial charge in [0.25, 0.3) is 0 Å². The average molecular weight is 433 g/mol. The third-order valence-corrected chi connectivity index (χ3v) is 5.45. The van der Waals surface area contributed by atoms with Crippen LogP contribution in [-0.2, 0) is 4.79 Å². The van der Waals surface area contributed by atoms with Gasteiger partial charge in [0.2, 0.25) is 5.91 Å². The van der Waals surface area contributed by atoms with Crippen molar-refractivity contribution in [3.8, 4) is 16.9 Å². The fourth-order valence-corrected chi connectivity index (χ4v) is 3.89. The van der Waals surface area contributed by atoms with Crippen molar-refractivity contribution in [1.82, 2.24) is 14.7 Å². The molecule has 0 aliphatic carbocycles. The Balaban J connectivity index is 1.44. The molecule has 2 heterocycles. The molecule has 0 bridgehead atoms. The molecule has 1 aliphatic rings. The van der Waals surface area contributed by atoms with E-state index in [2.05, 4.69) is 41.7 Å². The van der Waals surface area contributed by atoms with Gasteiger partial charge in [0.15, 0.2) is 0 Å². The van der Waals surface area contributed by atoms with Gasteiger partial charge in [-0.05, 0) is 42.3 Å². The number of nitrogens with one attached hydrogen (secondary N) is 1. The number of carbonyl (C=O) groups is 1. The maximum Gasteiger partial charge on any atom is 0.244 e. The number of hydrogen-bond acceptors (Lipinski definition) is 3. The standard InChI is InChI=1S/C28H24N4O/c33-28(29-24-14-6-2-7-15-24)21-31-18-10-13-23(20-31)27-19-26(22-11-4-1-5-12-22)30-32(27)25-16-8-3-9-17-25/h1-12,14-20H,13,21H2,(H,29,33). The molecule has 3 aromatic carbocycles. The summed E-state index contributed by atoms with van der Waals surface area (Å²) in [6.07, 6.45) is 6.84. The number of amides is 1. The number of carbonyl (C=O) groups excluding carboxylic acids is 1. The first kappa shape index (κ1) is 20.5. The van der Waals surface area contributed by atoms with Crippen LogP contribution in [0.3, 0.4) is 0 Å². The summed E-state index contributed by atoms with van der Waals surface area (Å²) < 4.78 is 1.98. The molecule has 1 aromatic heterocycles. The van der Waals surface area contributed by atoms with Crippen LogP contribution in [0.5, 0.6) is 0 Å². The van der Waals surface area contributed by atoms with Crippen LogP contribution in [0.2, 0.25) is 0 Å². The molecular formula is C28H24N4O. The first-order valence-electron chi connectivity index (χ1n) is 11.0. The summed E-state index contributed by atoms with van der Waals surface area (Å²) in [5.41, 5.74) is 5.89. The van der Waals surface area contributed by atoms with Crippen LogP contribution in [0.15, 0.2) is 116 Å². The van der Waals surface area contributed by atoms with Crippen LogP contribution in [-0.4, -0.2) is 27.1 Å². The van der Waals surface area contributed by atoms with E-state index in [1.807, 2.05) is 88.7 Å². The molecule has 0 radical (unpaired) electrons. The largest absolute Gasteiger partial charge is 0.345 e. The van der Waals surface area contributed by atoms with Crippen molar-refractivity contribution in [2.45, 2.75) is 6.42 Å². The van der Waals surface area contributed by atoms with Crippen molar-refractivity contribution in [3.05, 3.63) is 121 Å². The number of hydrogen-bond donors (Lipinski definition) is 1. The number of allylic oxidation sites excluding steroid dienone is 2. The zero-order valence-electron chi connectivity index (χ0n) is 18.1. The van der Waals surface area contributed by atoms with Crippen molar-refractivity contribution in [2.75, 3.05) is 11.9 Å². The van der Waals surface area contributed by atoms with E-state index in [0.29, 0.717) is 0 Å². The van der Waals surface area contributed by atoms with Crippen molar-refractivity contribution in [3.63, 3.8) is 0 Å². The van der Waals surface area contributed by atoms with Crippen LogP contribution in [0, 0.1) is 0 Å². The Labute approximate surface area is 193 Å². The first-order chi connectivity index (χ1) is 16.3. The highest BCUT2D eigenvalue weighted by Crippen LogP contribution is 2.29. The molecule has 33 heavy (non-hydrogen) atoms. The Bertz CT molecular complexity index is 1290. The second kappa shape index (κ2) is 9.40. The van der Waals surface area contributed by atoms with Gasteiger partial charge < -0.3 is 10.2 Å². The normalized spacial score (nSPS) is 13.0. The Morgan fingerprint density at radius 1 is 0.879 bits per heavy atom. The molecule has 0 saturated heterocycles. The molecule has 0 fully saturated rings. The molecule has 1 N–H and O–H groups in total. The van der Waals surface area contributed by atoms with Crippen LogP contribution >= 0.6 is 0 Å². The lowest BCUT2D eigenvalue weighted by Gasteiger charge is -2.21. The number of rotatable bonds is 6. The number of anilines is 1. The Morgan fingerprint density at radius 3 is 2.27 bits per heavy atom. The van der Waals surface area contributed by atoms with Crippen molar-refractivity contribution in [1.29, 1.82) is 0 Å². The summed E-state index contributed by atoms with van der Waals surface area (Å²) in [6, 6.07) is 31.9. The summed E-state index contributed by atoms with van der Waals surface area (Å²) in [4.78, 5) is 14.5. The lowest BCUT2D eigenvalue weighted by atomic mass is 10.1. The third kappa shape index (κ3) is 4.77. The molecule has 1 amide bonds. The zero-order chi connectivity index (χ0) is 22.5. The lowest BCUT2D eigenvalue weighted by Crippen LogP contribution is -2.27. The van der Waals surface area contributed by atoms with E-state index in [9.17, 15) is 4.79 Å². The van der Waals surface area contributed by atoms with E-state index in [4.69, 9.17) is 5.10 Å². The minimum atomic E-state index is -0.0649. The van der Waals surface area contributed by atoms with Gasteiger partial charge in [0, 0.05) is 23.7 Å². The molecule has 1 aliphatic heterocycles. The SMILES string of the molecule is O=C(CN1C=CCC(c2cc(-c3ccccc3)nn2-c2ccccc2)=C1)Nc1ccccc1. The van der Waals surface area contributed by atoms with E-state index >= 15 is 0 Å². The van der Waals surface area contributed by atoms with Crippen LogP contribution < -0.4 is 5.32 Å². The summed E-state index contributed by atoms with van der Waals surface area (Å²) in [6.45, 7) is 0.236. The molecule has 4 aromatic rings. The highest BCUT2D eigenvalue weighted by molar-refractivity contribution is 5.92. The van der Waals surface area contributed by atoms with Crippen LogP contribution in [0.1, 0.15) is 12.1 Å². The maximum absolute atomic E-state index is 12.6. The minimum absolute atomic E-state index is 0.0649. The predicted molar refractivity (Wildman–Crippen MR) is 133 cm³/mol. The monoisotopic (exact) mass is 432 g/mol. The summed E-state index contributed by atoms with van der Waals surface area (Å²) in [5.74, 6) is -0.0649. The predicted octanol–water partition coefficient (Wildman–Crippen LogP) is 5.74. The quantitative estimate of drug-likeness (QED) is 0.423. The summed E-state index contributed by atoms with van der Waals surface area (Å²) in [5, 5.41) is 7.87. The second-order valence-corrected chi connectivity index (χ2v) is 7.86. The third-order valence-electron chi connectivity index (χ3n) is 5.45. The number of benzene rings is 3. The second-order valence-electron chi connectivity index (χ2n) is 7.86. The molecule has 5 heteroatoms. The average Bonchev–Trinajstić information content (AvgIpc) is 3.32. The highest BCUT2D eigenvalue weighted by atomic mass is 16.2. The molecule has 5 nitrogen and oxygen atoms in total. The van der Waals surface area contributed by atoms with Gasteiger partial charge in [-0.25, -0.2) is 4.68 Å². The summed E-state index contributed by atoms with van der Waals surface area (Å²) >= 11 is 0. The van der Waals surface area contributed by atoms with Crippen molar-refractivity contribution >= 4 is 17.2 Å². The maximum atomic E-state index is 12.6. The zero-order valence-corrected chi connectivity index (χ0v) is 18.1. The van der Waals surface area contributed by atoms with Crippen LogP contribution in [0.4, 0.5) is 5.69 Å². The van der Waals surface area contributed by atoms with E-state index in [-0.39, 0.29) is 12.5 Å². The van der Waals surface area contributed by atoms with E-state index in [1.165, 1.54) is 0 Å². The summed E-state index contributed by atoms with van der Waals surface area (Å²) in [7, 11) is 0. The van der Waals surface area contributed by atoms with Gasteiger partial charge in [-0.1, -0.05) is 72.8 Å².